The summed E-state index contributed by atoms with van der Waals surface area (Å²) in [5, 5.41) is 0. The minimum atomic E-state index is 0.683. The van der Waals surface area contributed by atoms with Crippen LogP contribution in [0.15, 0.2) is 24.8 Å². The first-order valence-corrected chi connectivity index (χ1v) is 4.01. The highest BCUT2D eigenvalue weighted by Crippen LogP contribution is 2.15. The lowest BCUT2D eigenvalue weighted by molar-refractivity contribution is 0.446. The SMILES string of the molecule is C=CC=CC(C)C(C)CC. The molecule has 0 nitrogen and oxygen atoms in total. The smallest absolute Gasteiger partial charge is 0.0233 e. The monoisotopic (exact) mass is 138 g/mol. The van der Waals surface area contributed by atoms with Gasteiger partial charge in [-0.15, -0.1) is 0 Å². The molecule has 0 spiro atoms. The molecule has 10 heavy (non-hydrogen) atoms. The highest BCUT2D eigenvalue weighted by atomic mass is 14.1. The fourth-order valence-corrected chi connectivity index (χ4v) is 0.815. The van der Waals surface area contributed by atoms with Gasteiger partial charge in [0.2, 0.25) is 0 Å². The summed E-state index contributed by atoms with van der Waals surface area (Å²) in [5.41, 5.74) is 0. The Labute approximate surface area is 64.6 Å². The summed E-state index contributed by atoms with van der Waals surface area (Å²) < 4.78 is 0. The van der Waals surface area contributed by atoms with Gasteiger partial charge >= 0.3 is 0 Å². The van der Waals surface area contributed by atoms with Gasteiger partial charge in [0.05, 0.1) is 0 Å². The molecule has 0 heteroatoms. The topological polar surface area (TPSA) is 0 Å². The van der Waals surface area contributed by atoms with Crippen molar-refractivity contribution in [3.8, 4) is 0 Å². The molecule has 0 aromatic carbocycles. The van der Waals surface area contributed by atoms with Gasteiger partial charge in [-0.2, -0.15) is 0 Å². The van der Waals surface area contributed by atoms with E-state index in [9.17, 15) is 0 Å². The summed E-state index contributed by atoms with van der Waals surface area (Å²) >= 11 is 0. The zero-order valence-electron chi connectivity index (χ0n) is 7.30. The van der Waals surface area contributed by atoms with Crippen molar-refractivity contribution in [2.45, 2.75) is 27.2 Å². The van der Waals surface area contributed by atoms with Gasteiger partial charge in [0, 0.05) is 0 Å². The maximum Gasteiger partial charge on any atom is -0.0233 e. The van der Waals surface area contributed by atoms with Gasteiger partial charge in [-0.05, 0) is 11.8 Å². The van der Waals surface area contributed by atoms with Crippen molar-refractivity contribution in [1.82, 2.24) is 0 Å². The molecule has 0 aromatic heterocycles. The molecule has 0 rings (SSSR count). The maximum atomic E-state index is 3.63. The molecule has 0 aliphatic heterocycles. The van der Waals surface area contributed by atoms with Crippen LogP contribution in [0.2, 0.25) is 0 Å². The molecule has 2 unspecified atom stereocenters. The second-order valence-electron chi connectivity index (χ2n) is 2.87. The van der Waals surface area contributed by atoms with E-state index in [0.29, 0.717) is 5.92 Å². The molecule has 0 N–H and O–H groups in total. The Morgan fingerprint density at radius 1 is 1.40 bits per heavy atom. The molecule has 58 valence electrons. The second kappa shape index (κ2) is 5.28. The van der Waals surface area contributed by atoms with E-state index in [-0.39, 0.29) is 0 Å². The van der Waals surface area contributed by atoms with Crippen molar-refractivity contribution in [2.75, 3.05) is 0 Å². The number of allylic oxidation sites excluding steroid dienone is 3. The predicted molar refractivity (Wildman–Crippen MR) is 48.0 cm³/mol. The fourth-order valence-electron chi connectivity index (χ4n) is 0.815. The van der Waals surface area contributed by atoms with E-state index in [1.165, 1.54) is 6.42 Å². The highest BCUT2D eigenvalue weighted by Gasteiger charge is 2.04. The molecular formula is C10H18. The first-order chi connectivity index (χ1) is 4.72. The molecule has 0 aromatic rings. The number of rotatable bonds is 4. The van der Waals surface area contributed by atoms with Crippen molar-refractivity contribution in [1.29, 1.82) is 0 Å². The molecule has 0 amide bonds. The van der Waals surface area contributed by atoms with Crippen LogP contribution >= 0.6 is 0 Å². The Bertz CT molecular complexity index is 111. The van der Waals surface area contributed by atoms with Crippen molar-refractivity contribution in [3.63, 3.8) is 0 Å². The van der Waals surface area contributed by atoms with E-state index in [0.717, 1.165) is 5.92 Å². The summed E-state index contributed by atoms with van der Waals surface area (Å²) in [6.45, 7) is 10.4. The van der Waals surface area contributed by atoms with E-state index in [1.54, 1.807) is 0 Å². The largest absolute Gasteiger partial charge is 0.0991 e. The molecule has 0 aliphatic rings. The zero-order chi connectivity index (χ0) is 7.98. The summed E-state index contributed by atoms with van der Waals surface area (Å²) in [4.78, 5) is 0. The van der Waals surface area contributed by atoms with Crippen LogP contribution in [0.4, 0.5) is 0 Å². The van der Waals surface area contributed by atoms with Crippen LogP contribution in [-0.2, 0) is 0 Å². The standard InChI is InChI=1S/C10H18/c1-5-7-8-10(4)9(3)6-2/h5,7-10H,1,6H2,2-4H3. The number of hydrogen-bond acceptors (Lipinski definition) is 0. The summed E-state index contributed by atoms with van der Waals surface area (Å²) in [5.74, 6) is 1.47. The lowest BCUT2D eigenvalue weighted by Crippen LogP contribution is -2.02. The van der Waals surface area contributed by atoms with Crippen LogP contribution in [-0.4, -0.2) is 0 Å². The molecule has 0 heterocycles. The third kappa shape index (κ3) is 3.49. The van der Waals surface area contributed by atoms with E-state index in [2.05, 4.69) is 33.4 Å². The zero-order valence-corrected chi connectivity index (χ0v) is 7.30. The van der Waals surface area contributed by atoms with Crippen LogP contribution in [0.5, 0.6) is 0 Å². The third-order valence-corrected chi connectivity index (χ3v) is 2.09. The lowest BCUT2D eigenvalue weighted by Gasteiger charge is -2.12. The first kappa shape index (κ1) is 9.48. The van der Waals surface area contributed by atoms with Crippen molar-refractivity contribution < 1.29 is 0 Å². The quantitative estimate of drug-likeness (QED) is 0.522. The average molecular weight is 138 g/mol. The van der Waals surface area contributed by atoms with Gasteiger partial charge in [-0.25, -0.2) is 0 Å². The van der Waals surface area contributed by atoms with Crippen molar-refractivity contribution in [3.05, 3.63) is 24.8 Å². The van der Waals surface area contributed by atoms with Crippen LogP contribution in [0.25, 0.3) is 0 Å². The van der Waals surface area contributed by atoms with Gasteiger partial charge in [0.1, 0.15) is 0 Å². The Morgan fingerprint density at radius 2 is 2.00 bits per heavy atom. The van der Waals surface area contributed by atoms with E-state index in [4.69, 9.17) is 0 Å². The van der Waals surface area contributed by atoms with E-state index in [1.807, 2.05) is 12.2 Å². The minimum Gasteiger partial charge on any atom is -0.0991 e. The Hall–Kier alpha value is -0.520. The van der Waals surface area contributed by atoms with Crippen molar-refractivity contribution >= 4 is 0 Å². The average Bonchev–Trinajstić information content (AvgIpc) is 1.98. The molecule has 0 saturated carbocycles. The molecule has 0 bridgehead atoms. The van der Waals surface area contributed by atoms with Crippen LogP contribution < -0.4 is 0 Å². The van der Waals surface area contributed by atoms with Gasteiger partial charge in [0.15, 0.2) is 0 Å². The Kier molecular flexibility index (Phi) is 5.00. The summed E-state index contributed by atoms with van der Waals surface area (Å²) in [6.07, 6.45) is 7.32. The normalized spacial score (nSPS) is 17.1. The van der Waals surface area contributed by atoms with Gasteiger partial charge in [-0.1, -0.05) is 52.0 Å². The van der Waals surface area contributed by atoms with Crippen LogP contribution in [0.1, 0.15) is 27.2 Å². The van der Waals surface area contributed by atoms with Crippen LogP contribution in [0, 0.1) is 11.8 Å². The Morgan fingerprint density at radius 3 is 2.40 bits per heavy atom. The molecule has 0 radical (unpaired) electrons. The third-order valence-electron chi connectivity index (χ3n) is 2.09. The first-order valence-electron chi connectivity index (χ1n) is 4.01. The molecule has 0 fully saturated rings. The molecule has 2 atom stereocenters. The van der Waals surface area contributed by atoms with E-state index < -0.39 is 0 Å². The highest BCUT2D eigenvalue weighted by molar-refractivity contribution is 4.99. The molecule has 0 saturated heterocycles. The summed E-state index contributed by atoms with van der Waals surface area (Å²) in [6, 6.07) is 0. The lowest BCUT2D eigenvalue weighted by atomic mass is 9.93. The fraction of sp³-hybridized carbons (Fsp3) is 0.600. The van der Waals surface area contributed by atoms with Gasteiger partial charge in [0.25, 0.3) is 0 Å². The van der Waals surface area contributed by atoms with Gasteiger partial charge in [-0.3, -0.25) is 0 Å². The van der Waals surface area contributed by atoms with Crippen molar-refractivity contribution in [2.24, 2.45) is 11.8 Å². The second-order valence-corrected chi connectivity index (χ2v) is 2.87. The molecule has 0 aliphatic carbocycles. The Balaban J connectivity index is 3.70. The van der Waals surface area contributed by atoms with Crippen LogP contribution in [0.3, 0.4) is 0 Å². The van der Waals surface area contributed by atoms with Gasteiger partial charge < -0.3 is 0 Å². The van der Waals surface area contributed by atoms with E-state index >= 15 is 0 Å². The summed E-state index contributed by atoms with van der Waals surface area (Å²) in [7, 11) is 0. The minimum absolute atomic E-state index is 0.683. The number of hydrogen-bond donors (Lipinski definition) is 0. The maximum absolute atomic E-state index is 3.63. The predicted octanol–water partition coefficient (Wildman–Crippen LogP) is 3.41. The molecular weight excluding hydrogens is 120 g/mol.